The minimum atomic E-state index is -1.26. The van der Waals surface area contributed by atoms with E-state index in [9.17, 15) is 9.59 Å². The summed E-state index contributed by atoms with van der Waals surface area (Å²) in [5.74, 6) is -1.49. The molecule has 0 fully saturated rings. The standard InChI is InChI=1S/C14H17N5.C4H4O4/c1-19-13(6-7-18-19)11-4-2-3-5-12(11)17-10-14-15-8-9-16-14;5-3(6)1-2-4(7)8/h2-7,17H,8-10H2,1H3,(H,15,16);1-2H,(H,5,6)(H,7,8)/b;2-1+. The number of carbonyl (C=O) groups is 2. The highest BCUT2D eigenvalue weighted by molar-refractivity contribution is 5.90. The second kappa shape index (κ2) is 9.76. The maximum atomic E-state index is 9.55. The predicted molar refractivity (Wildman–Crippen MR) is 102 cm³/mol. The largest absolute Gasteiger partial charge is 0.478 e. The van der Waals surface area contributed by atoms with E-state index >= 15 is 0 Å². The molecule has 1 aromatic carbocycles. The molecule has 142 valence electrons. The monoisotopic (exact) mass is 371 g/mol. The molecule has 2 aromatic rings. The van der Waals surface area contributed by atoms with Crippen molar-refractivity contribution in [1.82, 2.24) is 15.1 Å². The van der Waals surface area contributed by atoms with Crippen LogP contribution < -0.4 is 10.6 Å². The number of aromatic nitrogens is 2. The van der Waals surface area contributed by atoms with Crippen LogP contribution in [0.4, 0.5) is 5.69 Å². The van der Waals surface area contributed by atoms with Gasteiger partial charge in [-0.15, -0.1) is 0 Å². The molecule has 27 heavy (non-hydrogen) atoms. The normalized spacial score (nSPS) is 12.7. The van der Waals surface area contributed by atoms with Gasteiger partial charge in [-0.05, 0) is 12.1 Å². The van der Waals surface area contributed by atoms with E-state index < -0.39 is 11.9 Å². The molecule has 0 spiro atoms. The fraction of sp³-hybridized carbons (Fsp3) is 0.222. The molecule has 4 N–H and O–H groups in total. The van der Waals surface area contributed by atoms with Crippen LogP contribution in [-0.4, -0.2) is 57.4 Å². The number of aliphatic carboxylic acids is 2. The Morgan fingerprint density at radius 3 is 2.48 bits per heavy atom. The van der Waals surface area contributed by atoms with Crippen LogP contribution in [0.25, 0.3) is 11.3 Å². The van der Waals surface area contributed by atoms with Crippen LogP contribution in [0.1, 0.15) is 0 Å². The molecule has 9 heteroatoms. The Kier molecular flexibility index (Phi) is 7.12. The molecule has 1 aromatic heterocycles. The average molecular weight is 371 g/mol. The maximum Gasteiger partial charge on any atom is 0.328 e. The van der Waals surface area contributed by atoms with Crippen LogP contribution in [0.15, 0.2) is 53.7 Å². The first-order chi connectivity index (χ1) is 13.0. The van der Waals surface area contributed by atoms with Crippen molar-refractivity contribution in [3.63, 3.8) is 0 Å². The van der Waals surface area contributed by atoms with Gasteiger partial charge in [0.25, 0.3) is 0 Å². The van der Waals surface area contributed by atoms with Crippen molar-refractivity contribution in [1.29, 1.82) is 0 Å². The van der Waals surface area contributed by atoms with Gasteiger partial charge in [0, 0.05) is 43.2 Å². The minimum absolute atomic E-state index is 0.558. The smallest absolute Gasteiger partial charge is 0.328 e. The van der Waals surface area contributed by atoms with E-state index in [4.69, 9.17) is 10.2 Å². The molecule has 0 bridgehead atoms. The van der Waals surface area contributed by atoms with Crippen molar-refractivity contribution in [3.8, 4) is 11.3 Å². The highest BCUT2D eigenvalue weighted by Gasteiger charge is 2.09. The number of amidine groups is 1. The summed E-state index contributed by atoms with van der Waals surface area (Å²) in [6, 6.07) is 10.3. The quantitative estimate of drug-likeness (QED) is 0.562. The van der Waals surface area contributed by atoms with E-state index in [0.717, 1.165) is 42.4 Å². The molecule has 2 heterocycles. The molecule has 0 radical (unpaired) electrons. The zero-order valence-electron chi connectivity index (χ0n) is 14.8. The Labute approximate surface area is 156 Å². The van der Waals surface area contributed by atoms with Gasteiger partial charge in [-0.25, -0.2) is 9.59 Å². The number of para-hydroxylation sites is 1. The summed E-state index contributed by atoms with van der Waals surface area (Å²) in [7, 11) is 1.95. The third kappa shape index (κ3) is 6.31. The van der Waals surface area contributed by atoms with Crippen molar-refractivity contribution in [2.45, 2.75) is 0 Å². The van der Waals surface area contributed by atoms with Gasteiger partial charge in [0.2, 0.25) is 0 Å². The number of aliphatic imine (C=N–C) groups is 1. The lowest BCUT2D eigenvalue weighted by Crippen LogP contribution is -2.26. The number of nitrogens with one attached hydrogen (secondary N) is 2. The van der Waals surface area contributed by atoms with Gasteiger partial charge in [-0.3, -0.25) is 9.67 Å². The lowest BCUT2D eigenvalue weighted by Gasteiger charge is -2.12. The summed E-state index contributed by atoms with van der Waals surface area (Å²) in [6.07, 6.45) is 2.93. The van der Waals surface area contributed by atoms with Crippen molar-refractivity contribution >= 4 is 23.5 Å². The Balaban J connectivity index is 0.000000279. The predicted octanol–water partition coefficient (Wildman–Crippen LogP) is 1.21. The lowest BCUT2D eigenvalue weighted by atomic mass is 10.1. The first kappa shape index (κ1) is 19.7. The van der Waals surface area contributed by atoms with Gasteiger partial charge in [-0.1, -0.05) is 18.2 Å². The summed E-state index contributed by atoms with van der Waals surface area (Å²) >= 11 is 0. The van der Waals surface area contributed by atoms with Crippen LogP contribution in [-0.2, 0) is 16.6 Å². The molecule has 0 atom stereocenters. The molecular formula is C18H21N5O4. The second-order valence-electron chi connectivity index (χ2n) is 5.50. The van der Waals surface area contributed by atoms with Gasteiger partial charge < -0.3 is 20.8 Å². The highest BCUT2D eigenvalue weighted by atomic mass is 16.4. The van der Waals surface area contributed by atoms with Crippen molar-refractivity contribution < 1.29 is 19.8 Å². The molecule has 1 aliphatic rings. The Morgan fingerprint density at radius 1 is 1.22 bits per heavy atom. The number of carboxylic acids is 2. The van der Waals surface area contributed by atoms with Crippen LogP contribution in [0, 0.1) is 0 Å². The number of benzene rings is 1. The van der Waals surface area contributed by atoms with Gasteiger partial charge in [-0.2, -0.15) is 5.10 Å². The fourth-order valence-corrected chi connectivity index (χ4v) is 2.39. The van der Waals surface area contributed by atoms with E-state index in [1.54, 1.807) is 0 Å². The third-order valence-electron chi connectivity index (χ3n) is 3.58. The number of hydrogen-bond donors (Lipinski definition) is 4. The molecule has 0 unspecified atom stereocenters. The van der Waals surface area contributed by atoms with Crippen molar-refractivity contribution in [2.24, 2.45) is 12.0 Å². The summed E-state index contributed by atoms with van der Waals surface area (Å²) in [4.78, 5) is 23.5. The molecule has 0 amide bonds. The van der Waals surface area contributed by atoms with Crippen LogP contribution in [0.5, 0.6) is 0 Å². The van der Waals surface area contributed by atoms with E-state index in [1.165, 1.54) is 0 Å². The van der Waals surface area contributed by atoms with Crippen LogP contribution >= 0.6 is 0 Å². The zero-order valence-corrected chi connectivity index (χ0v) is 14.8. The molecule has 0 aliphatic carbocycles. The average Bonchev–Trinajstić information content (AvgIpc) is 3.30. The van der Waals surface area contributed by atoms with Gasteiger partial charge in [0.1, 0.15) is 5.84 Å². The Bertz CT molecular complexity index is 841. The van der Waals surface area contributed by atoms with Gasteiger partial charge >= 0.3 is 11.9 Å². The van der Waals surface area contributed by atoms with Crippen LogP contribution in [0.2, 0.25) is 0 Å². The van der Waals surface area contributed by atoms with E-state index in [-0.39, 0.29) is 0 Å². The molecule has 1 aliphatic heterocycles. The fourth-order valence-electron chi connectivity index (χ4n) is 2.39. The first-order valence-electron chi connectivity index (χ1n) is 8.20. The molecule has 3 rings (SSSR count). The summed E-state index contributed by atoms with van der Waals surface area (Å²) in [6.45, 7) is 2.55. The van der Waals surface area contributed by atoms with Crippen LogP contribution in [0.3, 0.4) is 0 Å². The van der Waals surface area contributed by atoms with Crippen molar-refractivity contribution in [2.75, 3.05) is 25.0 Å². The minimum Gasteiger partial charge on any atom is -0.478 e. The SMILES string of the molecule is Cn1nccc1-c1ccccc1NCC1=NCCN1.O=C(O)/C=C/C(=O)O. The summed E-state index contributed by atoms with van der Waals surface area (Å²) in [5, 5.41) is 26.5. The van der Waals surface area contributed by atoms with Gasteiger partial charge in [0.15, 0.2) is 0 Å². The Hall–Kier alpha value is -3.62. The number of hydrogen-bond acceptors (Lipinski definition) is 6. The number of nitrogens with zero attached hydrogens (tertiary/aromatic N) is 3. The highest BCUT2D eigenvalue weighted by Crippen LogP contribution is 2.26. The number of anilines is 1. The molecule has 0 saturated carbocycles. The first-order valence-corrected chi connectivity index (χ1v) is 8.20. The maximum absolute atomic E-state index is 9.55. The number of rotatable bonds is 6. The lowest BCUT2D eigenvalue weighted by molar-refractivity contribution is -0.134. The summed E-state index contributed by atoms with van der Waals surface area (Å²) in [5.41, 5.74) is 3.35. The zero-order chi connectivity index (χ0) is 19.6. The molecular weight excluding hydrogens is 350 g/mol. The third-order valence-corrected chi connectivity index (χ3v) is 3.58. The number of carboxylic acid groups (broad SMARTS) is 2. The Morgan fingerprint density at radius 2 is 1.93 bits per heavy atom. The van der Waals surface area contributed by atoms with E-state index in [2.05, 4.69) is 32.9 Å². The van der Waals surface area contributed by atoms with E-state index in [0.29, 0.717) is 12.2 Å². The topological polar surface area (TPSA) is 129 Å². The molecule has 0 saturated heterocycles. The summed E-state index contributed by atoms with van der Waals surface area (Å²) < 4.78 is 1.88. The van der Waals surface area contributed by atoms with Crippen molar-refractivity contribution in [3.05, 3.63) is 48.7 Å². The van der Waals surface area contributed by atoms with Gasteiger partial charge in [0.05, 0.1) is 18.8 Å². The van der Waals surface area contributed by atoms with E-state index in [1.807, 2.05) is 36.1 Å². The second-order valence-corrected chi connectivity index (χ2v) is 5.50. The number of aryl methyl sites for hydroxylation is 1. The molecule has 9 nitrogen and oxygen atoms in total.